The maximum absolute atomic E-state index is 11.0. The molecule has 0 amide bonds. The summed E-state index contributed by atoms with van der Waals surface area (Å²) in [6, 6.07) is 0. The lowest BCUT2D eigenvalue weighted by atomic mass is 10.3. The molecular weight excluding hydrogens is 305 g/mol. The van der Waals surface area contributed by atoms with Crippen LogP contribution in [-0.4, -0.2) is 37.3 Å². The standard InChI is InChI=1S/C9H16N5O6P/c1-3-6-12-8(10)7(14(15)16)9(13-6)11-5(2)20-4-21(17,18)19/h5H,3-4H2,1-2H3,(H2,17,18,19)(H3,10,11,12,13). The first kappa shape index (κ1) is 17.2. The van der Waals surface area contributed by atoms with E-state index in [0.717, 1.165) is 0 Å². The zero-order chi connectivity index (χ0) is 16.2. The van der Waals surface area contributed by atoms with Gasteiger partial charge in [0.05, 0.1) is 4.92 Å². The number of anilines is 2. The summed E-state index contributed by atoms with van der Waals surface area (Å²) < 4.78 is 15.6. The summed E-state index contributed by atoms with van der Waals surface area (Å²) >= 11 is 0. The Morgan fingerprint density at radius 2 is 2.14 bits per heavy atom. The van der Waals surface area contributed by atoms with Gasteiger partial charge in [0.25, 0.3) is 0 Å². The molecule has 1 aromatic rings. The van der Waals surface area contributed by atoms with E-state index in [0.29, 0.717) is 12.2 Å². The molecule has 118 valence electrons. The van der Waals surface area contributed by atoms with Gasteiger partial charge in [-0.2, -0.15) is 0 Å². The Bertz CT molecular complexity index is 576. The van der Waals surface area contributed by atoms with Crippen LogP contribution in [0, 0.1) is 10.1 Å². The molecule has 21 heavy (non-hydrogen) atoms. The lowest BCUT2D eigenvalue weighted by Gasteiger charge is -2.16. The first-order valence-electron chi connectivity index (χ1n) is 5.87. The van der Waals surface area contributed by atoms with Gasteiger partial charge in [-0.3, -0.25) is 14.7 Å². The zero-order valence-corrected chi connectivity index (χ0v) is 12.3. The zero-order valence-electron chi connectivity index (χ0n) is 11.4. The molecule has 0 saturated carbocycles. The van der Waals surface area contributed by atoms with Crippen LogP contribution in [0.25, 0.3) is 0 Å². The van der Waals surface area contributed by atoms with E-state index in [1.807, 2.05) is 0 Å². The highest BCUT2D eigenvalue weighted by atomic mass is 31.2. The molecule has 0 radical (unpaired) electrons. The number of hydrogen-bond donors (Lipinski definition) is 4. The highest BCUT2D eigenvalue weighted by Crippen LogP contribution is 2.35. The van der Waals surface area contributed by atoms with Crippen molar-refractivity contribution in [3.63, 3.8) is 0 Å². The van der Waals surface area contributed by atoms with Crippen LogP contribution >= 0.6 is 7.60 Å². The minimum absolute atomic E-state index is 0.164. The van der Waals surface area contributed by atoms with Gasteiger partial charge in [-0.1, -0.05) is 6.92 Å². The highest BCUT2D eigenvalue weighted by Gasteiger charge is 2.24. The van der Waals surface area contributed by atoms with Crippen LogP contribution in [0.2, 0.25) is 0 Å². The van der Waals surface area contributed by atoms with Gasteiger partial charge in [-0.25, -0.2) is 9.97 Å². The van der Waals surface area contributed by atoms with Crippen molar-refractivity contribution in [2.75, 3.05) is 17.4 Å². The third-order valence-corrected chi connectivity index (χ3v) is 2.77. The lowest BCUT2D eigenvalue weighted by Crippen LogP contribution is -2.22. The maximum atomic E-state index is 11.0. The summed E-state index contributed by atoms with van der Waals surface area (Å²) in [5.74, 6) is -0.165. The Morgan fingerprint density at radius 1 is 1.52 bits per heavy atom. The van der Waals surface area contributed by atoms with Crippen molar-refractivity contribution in [2.45, 2.75) is 26.5 Å². The van der Waals surface area contributed by atoms with Crippen molar-refractivity contribution in [1.29, 1.82) is 0 Å². The number of nitrogen functional groups attached to an aromatic ring is 1. The molecule has 0 aromatic carbocycles. The molecule has 12 heteroatoms. The second kappa shape index (κ2) is 6.76. The third kappa shape index (κ3) is 5.23. The second-order valence-corrected chi connectivity index (χ2v) is 5.67. The fraction of sp³-hybridized carbons (Fsp3) is 0.556. The molecule has 11 nitrogen and oxygen atoms in total. The van der Waals surface area contributed by atoms with Crippen molar-refractivity contribution in [1.82, 2.24) is 9.97 Å². The largest absolute Gasteiger partial charge is 0.378 e. The molecule has 0 saturated heterocycles. The van der Waals surface area contributed by atoms with Gasteiger partial charge in [0.2, 0.25) is 11.6 Å². The van der Waals surface area contributed by atoms with Crippen molar-refractivity contribution in [2.24, 2.45) is 0 Å². The van der Waals surface area contributed by atoms with E-state index in [2.05, 4.69) is 15.3 Å². The predicted octanol–water partition coefficient (Wildman–Crippen LogP) is 0.439. The monoisotopic (exact) mass is 321 g/mol. The SMILES string of the molecule is CCc1nc(N)c([N+](=O)[O-])c(NC(C)OCP(=O)(O)O)n1. The predicted molar refractivity (Wildman–Crippen MR) is 73.6 cm³/mol. The number of nitrogens with one attached hydrogen (secondary N) is 1. The normalized spacial score (nSPS) is 13.0. The van der Waals surface area contributed by atoms with E-state index < -0.39 is 30.8 Å². The lowest BCUT2D eigenvalue weighted by molar-refractivity contribution is -0.383. The van der Waals surface area contributed by atoms with Gasteiger partial charge in [0.1, 0.15) is 12.1 Å². The molecule has 0 spiro atoms. The Labute approximate surface area is 119 Å². The third-order valence-electron chi connectivity index (χ3n) is 2.29. The minimum Gasteiger partial charge on any atom is -0.378 e. The Morgan fingerprint density at radius 3 is 2.62 bits per heavy atom. The van der Waals surface area contributed by atoms with E-state index in [1.165, 1.54) is 6.92 Å². The molecule has 0 fully saturated rings. The number of rotatable bonds is 7. The van der Waals surface area contributed by atoms with Crippen LogP contribution in [0.15, 0.2) is 0 Å². The quantitative estimate of drug-likeness (QED) is 0.239. The fourth-order valence-corrected chi connectivity index (χ4v) is 1.82. The van der Waals surface area contributed by atoms with Crippen LogP contribution in [-0.2, 0) is 15.7 Å². The molecule has 0 aliphatic carbocycles. The van der Waals surface area contributed by atoms with E-state index in [-0.39, 0.29) is 11.6 Å². The summed E-state index contributed by atoms with van der Waals surface area (Å²) in [5.41, 5.74) is 5.00. The number of aromatic nitrogens is 2. The summed E-state index contributed by atoms with van der Waals surface area (Å²) in [4.78, 5) is 35.4. The Balaban J connectivity index is 2.97. The van der Waals surface area contributed by atoms with E-state index in [4.69, 9.17) is 20.3 Å². The van der Waals surface area contributed by atoms with Crippen molar-refractivity contribution < 1.29 is 24.0 Å². The average Bonchev–Trinajstić information content (AvgIpc) is 2.34. The molecule has 1 atom stereocenters. The molecule has 0 aliphatic heterocycles. The van der Waals surface area contributed by atoms with E-state index in [9.17, 15) is 14.7 Å². The van der Waals surface area contributed by atoms with Gasteiger partial charge in [0.15, 0.2) is 6.35 Å². The Hall–Kier alpha value is -1.81. The first-order valence-corrected chi connectivity index (χ1v) is 7.67. The van der Waals surface area contributed by atoms with Crippen LogP contribution in [0.1, 0.15) is 19.7 Å². The molecule has 5 N–H and O–H groups in total. The molecular formula is C9H16N5O6P. The molecule has 0 aliphatic rings. The molecule has 1 aromatic heterocycles. The van der Waals surface area contributed by atoms with Crippen molar-refractivity contribution in [3.8, 4) is 0 Å². The van der Waals surface area contributed by atoms with Gasteiger partial charge in [-0.05, 0) is 6.92 Å². The van der Waals surface area contributed by atoms with E-state index >= 15 is 0 Å². The summed E-state index contributed by atoms with van der Waals surface area (Å²) in [5, 5.41) is 13.5. The molecule has 1 unspecified atom stereocenters. The number of aryl methyl sites for hydroxylation is 1. The van der Waals surface area contributed by atoms with Gasteiger partial charge < -0.3 is 25.6 Å². The maximum Gasteiger partial charge on any atom is 0.353 e. The topological polar surface area (TPSA) is 174 Å². The summed E-state index contributed by atoms with van der Waals surface area (Å²) in [6.45, 7) is 3.17. The number of nitro groups is 1. The summed E-state index contributed by atoms with van der Waals surface area (Å²) in [6.07, 6.45) is -1.33. The number of nitrogens with two attached hydrogens (primary N) is 1. The second-order valence-electron chi connectivity index (χ2n) is 4.08. The molecule has 1 rings (SSSR count). The molecule has 0 bridgehead atoms. The molecule has 1 heterocycles. The number of nitrogens with zero attached hydrogens (tertiary/aromatic N) is 3. The smallest absolute Gasteiger partial charge is 0.353 e. The fourth-order valence-electron chi connectivity index (χ4n) is 1.40. The van der Waals surface area contributed by atoms with Crippen LogP contribution in [0.4, 0.5) is 17.3 Å². The Kier molecular flexibility index (Phi) is 5.55. The highest BCUT2D eigenvalue weighted by molar-refractivity contribution is 7.51. The van der Waals surface area contributed by atoms with Gasteiger partial charge >= 0.3 is 13.3 Å². The van der Waals surface area contributed by atoms with Crippen LogP contribution < -0.4 is 11.1 Å². The van der Waals surface area contributed by atoms with Crippen LogP contribution in [0.3, 0.4) is 0 Å². The van der Waals surface area contributed by atoms with Gasteiger partial charge in [-0.15, -0.1) is 0 Å². The number of hydrogen-bond acceptors (Lipinski definition) is 8. The van der Waals surface area contributed by atoms with Crippen LogP contribution in [0.5, 0.6) is 0 Å². The summed E-state index contributed by atoms with van der Waals surface area (Å²) in [7, 11) is -4.33. The van der Waals surface area contributed by atoms with Gasteiger partial charge in [0, 0.05) is 6.42 Å². The van der Waals surface area contributed by atoms with E-state index in [1.54, 1.807) is 6.92 Å². The van der Waals surface area contributed by atoms with Crippen molar-refractivity contribution in [3.05, 3.63) is 15.9 Å². The minimum atomic E-state index is -4.33. The van der Waals surface area contributed by atoms with Crippen molar-refractivity contribution >= 4 is 24.9 Å². The first-order chi connectivity index (χ1) is 9.64. The average molecular weight is 321 g/mol. The number of ether oxygens (including phenoxy) is 1.